The largest absolute Gasteiger partial charge is 0.493 e. The predicted octanol–water partition coefficient (Wildman–Crippen LogP) is 1.43. The van der Waals surface area contributed by atoms with Crippen LogP contribution in [0.25, 0.3) is 0 Å². The topological polar surface area (TPSA) is 47.6 Å². The summed E-state index contributed by atoms with van der Waals surface area (Å²) in [6, 6.07) is 4.58. The first-order chi connectivity index (χ1) is 5.81. The van der Waals surface area contributed by atoms with E-state index in [9.17, 15) is 5.26 Å². The Kier molecular flexibility index (Phi) is 2.76. The maximum Gasteiger partial charge on any atom is 0.172 e. The Labute approximate surface area is 70.2 Å². The monoisotopic (exact) mass is 169 g/mol. The molecule has 0 amide bonds. The molecule has 0 N–H and O–H groups in total. The van der Waals surface area contributed by atoms with E-state index in [0.29, 0.717) is 11.5 Å². The molecule has 1 aromatic rings. The Morgan fingerprint density at radius 1 is 1.08 bits per heavy atom. The zero-order valence-corrected chi connectivity index (χ0v) is 6.87. The molecule has 0 saturated heterocycles. The molecule has 0 bridgehead atoms. The van der Waals surface area contributed by atoms with Crippen LogP contribution in [0.4, 0.5) is 0 Å². The van der Waals surface area contributed by atoms with Gasteiger partial charge in [-0.1, -0.05) is 0 Å². The Morgan fingerprint density at radius 3 is 2.25 bits per heavy atom. The molecule has 1 aromatic carbocycles. The van der Waals surface area contributed by atoms with E-state index in [4.69, 9.17) is 9.47 Å². The minimum atomic E-state index is 0.202. The van der Waals surface area contributed by atoms with Crippen molar-refractivity contribution < 1.29 is 19.6 Å². The molecular weight excluding hydrogens is 160 g/mol. The van der Waals surface area contributed by atoms with Gasteiger partial charge in [-0.2, -0.15) is 0 Å². The third-order valence-corrected chi connectivity index (χ3v) is 1.45. The van der Waals surface area contributed by atoms with Crippen LogP contribution in [0, 0.1) is 0 Å². The van der Waals surface area contributed by atoms with Crippen molar-refractivity contribution in [2.75, 3.05) is 14.2 Å². The molecule has 0 spiro atoms. The number of methoxy groups -OCH3 is 2. The van der Waals surface area contributed by atoms with Gasteiger partial charge in [0.05, 0.1) is 14.2 Å². The molecule has 0 saturated carbocycles. The number of rotatable bonds is 3. The van der Waals surface area contributed by atoms with Gasteiger partial charge in [-0.15, -0.1) is 0 Å². The standard InChI is InChI=1S/C8H9O4/c1-10-7-4-3-6(12-9)5-8(7)11-2/h3-5H,1-2H3. The molecule has 0 unspecified atom stereocenters. The number of hydrogen-bond donors (Lipinski definition) is 0. The molecule has 12 heavy (non-hydrogen) atoms. The minimum Gasteiger partial charge on any atom is -0.493 e. The van der Waals surface area contributed by atoms with Crippen LogP contribution in [0.5, 0.6) is 17.2 Å². The van der Waals surface area contributed by atoms with Crippen molar-refractivity contribution in [2.24, 2.45) is 0 Å². The lowest BCUT2D eigenvalue weighted by Crippen LogP contribution is -1.91. The average Bonchev–Trinajstić information content (AvgIpc) is 2.16. The maximum absolute atomic E-state index is 10.0. The zero-order chi connectivity index (χ0) is 8.97. The van der Waals surface area contributed by atoms with Gasteiger partial charge in [0.25, 0.3) is 0 Å². The molecule has 0 aliphatic heterocycles. The molecule has 0 atom stereocenters. The first-order valence-electron chi connectivity index (χ1n) is 3.33. The highest BCUT2D eigenvalue weighted by Crippen LogP contribution is 2.30. The lowest BCUT2D eigenvalue weighted by atomic mass is 10.3. The Hall–Kier alpha value is -1.42. The van der Waals surface area contributed by atoms with Gasteiger partial charge in [0.15, 0.2) is 17.2 Å². The summed E-state index contributed by atoms with van der Waals surface area (Å²) >= 11 is 0. The number of benzene rings is 1. The van der Waals surface area contributed by atoms with Crippen molar-refractivity contribution in [1.82, 2.24) is 0 Å². The van der Waals surface area contributed by atoms with E-state index >= 15 is 0 Å². The van der Waals surface area contributed by atoms with Crippen molar-refractivity contribution in [2.45, 2.75) is 0 Å². The summed E-state index contributed by atoms with van der Waals surface area (Å²) in [5.41, 5.74) is 0. The second kappa shape index (κ2) is 3.82. The molecule has 0 fully saturated rings. The lowest BCUT2D eigenvalue weighted by Gasteiger charge is -2.06. The van der Waals surface area contributed by atoms with Gasteiger partial charge in [-0.05, 0) is 12.1 Å². The SMILES string of the molecule is COc1ccc(O[O])cc1OC. The van der Waals surface area contributed by atoms with Crippen LogP contribution in [0.1, 0.15) is 0 Å². The third kappa shape index (κ3) is 1.60. The highest BCUT2D eigenvalue weighted by molar-refractivity contribution is 5.45. The zero-order valence-electron chi connectivity index (χ0n) is 6.87. The van der Waals surface area contributed by atoms with Gasteiger partial charge in [0, 0.05) is 11.3 Å². The van der Waals surface area contributed by atoms with Crippen molar-refractivity contribution in [3.63, 3.8) is 0 Å². The smallest absolute Gasteiger partial charge is 0.172 e. The van der Waals surface area contributed by atoms with Gasteiger partial charge >= 0.3 is 0 Å². The molecule has 1 rings (SSSR count). The number of hydrogen-bond acceptors (Lipinski definition) is 3. The van der Waals surface area contributed by atoms with Gasteiger partial charge < -0.3 is 14.4 Å². The maximum atomic E-state index is 10.0. The fraction of sp³-hybridized carbons (Fsp3) is 0.250. The van der Waals surface area contributed by atoms with Gasteiger partial charge in [0.2, 0.25) is 0 Å². The van der Waals surface area contributed by atoms with Crippen molar-refractivity contribution in [3.05, 3.63) is 18.2 Å². The third-order valence-electron chi connectivity index (χ3n) is 1.45. The van der Waals surface area contributed by atoms with E-state index in [1.165, 1.54) is 26.4 Å². The number of ether oxygens (including phenoxy) is 2. The predicted molar refractivity (Wildman–Crippen MR) is 40.9 cm³/mol. The molecule has 4 heteroatoms. The first kappa shape index (κ1) is 8.67. The normalized spacial score (nSPS) is 9.25. The summed E-state index contributed by atoms with van der Waals surface area (Å²) in [6.07, 6.45) is 0. The van der Waals surface area contributed by atoms with Crippen LogP contribution in [0.3, 0.4) is 0 Å². The van der Waals surface area contributed by atoms with Crippen LogP contribution in [-0.2, 0) is 5.26 Å². The summed E-state index contributed by atoms with van der Waals surface area (Å²) in [4.78, 5) is 3.77. The molecule has 0 aliphatic carbocycles. The highest BCUT2D eigenvalue weighted by Gasteiger charge is 2.04. The van der Waals surface area contributed by atoms with Crippen LogP contribution in [0.15, 0.2) is 18.2 Å². The van der Waals surface area contributed by atoms with E-state index in [0.717, 1.165) is 0 Å². The fourth-order valence-corrected chi connectivity index (χ4v) is 0.868. The van der Waals surface area contributed by atoms with Gasteiger partial charge in [0.1, 0.15) is 0 Å². The first-order valence-corrected chi connectivity index (χ1v) is 3.33. The Bertz CT molecular complexity index is 259. The Balaban J connectivity index is 3.02. The molecule has 0 aliphatic rings. The van der Waals surface area contributed by atoms with Crippen LogP contribution in [0.2, 0.25) is 0 Å². The van der Waals surface area contributed by atoms with Crippen LogP contribution in [-0.4, -0.2) is 14.2 Å². The van der Waals surface area contributed by atoms with E-state index in [-0.39, 0.29) is 5.75 Å². The van der Waals surface area contributed by atoms with E-state index in [1.54, 1.807) is 6.07 Å². The second-order valence-electron chi connectivity index (χ2n) is 2.10. The lowest BCUT2D eigenvalue weighted by molar-refractivity contribution is -0.208. The highest BCUT2D eigenvalue weighted by atomic mass is 17.1. The second-order valence-corrected chi connectivity index (χ2v) is 2.10. The minimum absolute atomic E-state index is 0.202. The summed E-state index contributed by atoms with van der Waals surface area (Å²) in [7, 11) is 3.02. The molecule has 0 aromatic heterocycles. The van der Waals surface area contributed by atoms with Crippen LogP contribution < -0.4 is 14.4 Å². The molecule has 0 heterocycles. The van der Waals surface area contributed by atoms with Crippen LogP contribution >= 0.6 is 0 Å². The summed E-state index contributed by atoms with van der Waals surface area (Å²) in [6.45, 7) is 0. The molecular formula is C8H9O4. The van der Waals surface area contributed by atoms with Crippen molar-refractivity contribution in [3.8, 4) is 17.2 Å². The van der Waals surface area contributed by atoms with Gasteiger partial charge in [-0.3, -0.25) is 0 Å². The fourth-order valence-electron chi connectivity index (χ4n) is 0.868. The van der Waals surface area contributed by atoms with Crippen molar-refractivity contribution in [1.29, 1.82) is 0 Å². The van der Waals surface area contributed by atoms with E-state index in [2.05, 4.69) is 4.89 Å². The van der Waals surface area contributed by atoms with E-state index < -0.39 is 0 Å². The molecule has 65 valence electrons. The molecule has 1 radical (unpaired) electrons. The molecule has 4 nitrogen and oxygen atoms in total. The summed E-state index contributed by atoms with van der Waals surface area (Å²) < 4.78 is 9.89. The van der Waals surface area contributed by atoms with E-state index in [1.807, 2.05) is 0 Å². The van der Waals surface area contributed by atoms with Crippen molar-refractivity contribution >= 4 is 0 Å². The summed E-state index contributed by atoms with van der Waals surface area (Å²) in [5.74, 6) is 1.25. The summed E-state index contributed by atoms with van der Waals surface area (Å²) in [5, 5.41) is 10.0. The van der Waals surface area contributed by atoms with Gasteiger partial charge in [-0.25, -0.2) is 0 Å². The quantitative estimate of drug-likeness (QED) is 0.508. The Morgan fingerprint density at radius 2 is 1.75 bits per heavy atom. The average molecular weight is 169 g/mol.